The number of aliphatic hydroxyl groups is 1. The van der Waals surface area contributed by atoms with E-state index in [9.17, 15) is 19.1 Å². The molecule has 0 bridgehead atoms. The van der Waals surface area contributed by atoms with Crippen LogP contribution in [0.3, 0.4) is 0 Å². The quantitative estimate of drug-likeness (QED) is 0.366. The lowest BCUT2D eigenvalue weighted by molar-refractivity contribution is 0.0516. The number of aliphatic hydroxyl groups excluding tert-OH is 1. The molecule has 37 heavy (non-hydrogen) atoms. The molecule has 190 valence electrons. The van der Waals surface area contributed by atoms with Crippen LogP contribution in [0, 0.1) is 5.82 Å². The molecular weight excluding hydrogens is 479 g/mol. The lowest BCUT2D eigenvalue weighted by Crippen LogP contribution is -2.39. The zero-order valence-electron chi connectivity index (χ0n) is 20.1. The van der Waals surface area contributed by atoms with E-state index in [1.807, 2.05) is 30.3 Å². The first-order valence-electron chi connectivity index (χ1n) is 11.9. The first-order valence-corrected chi connectivity index (χ1v) is 11.9. The third kappa shape index (κ3) is 4.77. The van der Waals surface area contributed by atoms with Gasteiger partial charge in [-0.05, 0) is 30.2 Å². The van der Waals surface area contributed by atoms with Crippen molar-refractivity contribution in [3.63, 3.8) is 0 Å². The largest absolute Gasteiger partial charge is 0.485 e. The molecule has 0 aliphatic carbocycles. The average Bonchev–Trinajstić information content (AvgIpc) is 2.92. The molecule has 1 aliphatic heterocycles. The molecular formula is C28H25FN2O6. The van der Waals surface area contributed by atoms with Crippen LogP contribution in [0.25, 0.3) is 11.0 Å². The number of esters is 1. The highest BCUT2D eigenvalue weighted by molar-refractivity contribution is 6.00. The monoisotopic (exact) mass is 504 g/mol. The molecule has 5 rings (SSSR count). The highest BCUT2D eigenvalue weighted by Crippen LogP contribution is 2.38. The second kappa shape index (κ2) is 10.4. The number of carbonyl (C=O) groups excluding carboxylic acids is 1. The number of rotatable bonds is 8. The molecule has 0 saturated carbocycles. The van der Waals surface area contributed by atoms with Crippen LogP contribution in [0.5, 0.6) is 11.5 Å². The highest BCUT2D eigenvalue weighted by atomic mass is 19.1. The van der Waals surface area contributed by atoms with Gasteiger partial charge >= 0.3 is 5.97 Å². The molecule has 0 amide bonds. The Morgan fingerprint density at radius 1 is 1.16 bits per heavy atom. The van der Waals surface area contributed by atoms with Gasteiger partial charge < -0.3 is 19.3 Å². The second-order valence-corrected chi connectivity index (χ2v) is 8.65. The van der Waals surface area contributed by atoms with Crippen LogP contribution in [0.1, 0.15) is 34.0 Å². The smallest absolute Gasteiger partial charge is 0.347 e. The van der Waals surface area contributed by atoms with Crippen LogP contribution in [0.2, 0.25) is 0 Å². The third-order valence-electron chi connectivity index (χ3n) is 6.14. The molecule has 1 atom stereocenters. The van der Waals surface area contributed by atoms with Crippen molar-refractivity contribution < 1.29 is 28.5 Å². The Morgan fingerprint density at radius 3 is 2.62 bits per heavy atom. The van der Waals surface area contributed by atoms with Crippen LogP contribution in [-0.4, -0.2) is 39.9 Å². The fourth-order valence-corrected chi connectivity index (χ4v) is 4.40. The van der Waals surface area contributed by atoms with E-state index in [-0.39, 0.29) is 49.0 Å². The van der Waals surface area contributed by atoms with Crippen LogP contribution < -0.4 is 15.0 Å². The molecule has 0 radical (unpaired) electrons. The Labute approximate surface area is 211 Å². The maximum atomic E-state index is 13.7. The average molecular weight is 505 g/mol. The third-order valence-corrected chi connectivity index (χ3v) is 6.14. The van der Waals surface area contributed by atoms with E-state index in [0.717, 1.165) is 11.1 Å². The summed E-state index contributed by atoms with van der Waals surface area (Å²) in [6, 6.07) is 15.4. The van der Waals surface area contributed by atoms with Gasteiger partial charge in [0.05, 0.1) is 19.8 Å². The van der Waals surface area contributed by atoms with Crippen molar-refractivity contribution in [2.45, 2.75) is 32.6 Å². The number of hydrogen-bond donors (Lipinski definition) is 1. The van der Waals surface area contributed by atoms with Crippen molar-refractivity contribution in [2.24, 2.45) is 0 Å². The molecule has 9 heteroatoms. The number of pyridine rings is 2. The molecule has 1 N–H and O–H groups in total. The highest BCUT2D eigenvalue weighted by Gasteiger charge is 2.33. The van der Waals surface area contributed by atoms with Gasteiger partial charge in [0.2, 0.25) is 0 Å². The van der Waals surface area contributed by atoms with Crippen LogP contribution in [0.15, 0.2) is 65.6 Å². The zero-order chi connectivity index (χ0) is 25.9. The predicted molar refractivity (Wildman–Crippen MR) is 133 cm³/mol. The Morgan fingerprint density at radius 2 is 1.92 bits per heavy atom. The number of aromatic nitrogens is 2. The summed E-state index contributed by atoms with van der Waals surface area (Å²) in [6.45, 7) is 1.50. The lowest BCUT2D eigenvalue weighted by atomic mass is 10.0. The van der Waals surface area contributed by atoms with Crippen molar-refractivity contribution in [2.75, 3.05) is 13.2 Å². The normalized spacial score (nSPS) is 14.3. The molecule has 0 spiro atoms. The Bertz CT molecular complexity index is 1500. The van der Waals surface area contributed by atoms with Gasteiger partial charge in [-0.15, -0.1) is 0 Å². The SMILES string of the molecule is CCOC(=O)c1c(OCc2ccccc2)c2ncc(Cc3ccc(F)cc3)c3c2n(c1=O)CC(CO)O3. The summed E-state index contributed by atoms with van der Waals surface area (Å²) < 4.78 is 32.2. The Kier molecular flexibility index (Phi) is 6.87. The van der Waals surface area contributed by atoms with E-state index in [0.29, 0.717) is 23.3 Å². The standard InChI is InChI=1S/C28H25FN2O6/c1-2-35-28(34)22-26(36-16-18-6-4-3-5-7-18)23-24-25(37-21(15-32)14-31(24)27(22)33)19(13-30-23)12-17-8-10-20(29)11-9-17/h3-11,13,21,32H,2,12,14-16H2,1H3. The fourth-order valence-electron chi connectivity index (χ4n) is 4.40. The summed E-state index contributed by atoms with van der Waals surface area (Å²) in [5.41, 5.74) is 2.06. The van der Waals surface area contributed by atoms with E-state index in [4.69, 9.17) is 14.2 Å². The minimum absolute atomic E-state index is 0.0131. The summed E-state index contributed by atoms with van der Waals surface area (Å²) in [5, 5.41) is 9.89. The van der Waals surface area contributed by atoms with Gasteiger partial charge in [0.25, 0.3) is 5.56 Å². The summed E-state index contributed by atoms with van der Waals surface area (Å²) in [7, 11) is 0. The summed E-state index contributed by atoms with van der Waals surface area (Å²) in [5.74, 6) is -0.790. The predicted octanol–water partition coefficient (Wildman–Crippen LogP) is 3.64. The summed E-state index contributed by atoms with van der Waals surface area (Å²) >= 11 is 0. The van der Waals surface area contributed by atoms with Gasteiger partial charge in [-0.1, -0.05) is 42.5 Å². The number of nitrogens with zero attached hydrogens (tertiary/aromatic N) is 2. The number of benzene rings is 2. The number of ether oxygens (including phenoxy) is 3. The molecule has 0 fully saturated rings. The molecule has 4 aromatic rings. The van der Waals surface area contributed by atoms with Crippen molar-refractivity contribution in [3.05, 3.63) is 99.2 Å². The van der Waals surface area contributed by atoms with Gasteiger partial charge in [-0.25, -0.2) is 9.18 Å². The van der Waals surface area contributed by atoms with Gasteiger partial charge in [-0.3, -0.25) is 14.3 Å². The van der Waals surface area contributed by atoms with E-state index in [1.54, 1.807) is 25.3 Å². The molecule has 2 aromatic heterocycles. The van der Waals surface area contributed by atoms with Crippen molar-refractivity contribution >= 4 is 17.0 Å². The molecule has 0 saturated heterocycles. The molecule has 1 aliphatic rings. The lowest BCUT2D eigenvalue weighted by Gasteiger charge is -2.29. The van der Waals surface area contributed by atoms with Gasteiger partial charge in [0.15, 0.2) is 17.1 Å². The van der Waals surface area contributed by atoms with Crippen molar-refractivity contribution in [1.82, 2.24) is 9.55 Å². The number of hydrogen-bond acceptors (Lipinski definition) is 7. The molecule has 8 nitrogen and oxygen atoms in total. The first kappa shape index (κ1) is 24.5. The first-order chi connectivity index (χ1) is 18.0. The van der Waals surface area contributed by atoms with Gasteiger partial charge in [0.1, 0.15) is 29.6 Å². The van der Waals surface area contributed by atoms with E-state index < -0.39 is 17.6 Å². The molecule has 2 aromatic carbocycles. The Balaban J connectivity index is 1.70. The van der Waals surface area contributed by atoms with Gasteiger partial charge in [0, 0.05) is 18.2 Å². The maximum absolute atomic E-state index is 13.7. The van der Waals surface area contributed by atoms with Crippen molar-refractivity contribution in [1.29, 1.82) is 0 Å². The minimum Gasteiger partial charge on any atom is -0.485 e. The second-order valence-electron chi connectivity index (χ2n) is 8.65. The maximum Gasteiger partial charge on any atom is 0.347 e. The molecule has 3 heterocycles. The topological polar surface area (TPSA) is 99.9 Å². The Hall–Kier alpha value is -4.24. The summed E-state index contributed by atoms with van der Waals surface area (Å²) in [4.78, 5) is 31.2. The number of halogens is 1. The molecule has 1 unspecified atom stereocenters. The van der Waals surface area contributed by atoms with Crippen LogP contribution in [-0.2, 0) is 24.3 Å². The van der Waals surface area contributed by atoms with Gasteiger partial charge in [-0.2, -0.15) is 0 Å². The summed E-state index contributed by atoms with van der Waals surface area (Å²) in [6.07, 6.45) is 1.22. The fraction of sp³-hybridized carbons (Fsp3) is 0.250. The van der Waals surface area contributed by atoms with Crippen LogP contribution in [0.4, 0.5) is 4.39 Å². The zero-order valence-corrected chi connectivity index (χ0v) is 20.1. The minimum atomic E-state index is -0.813. The van der Waals surface area contributed by atoms with E-state index in [1.165, 1.54) is 16.7 Å². The number of carbonyl (C=O) groups is 1. The van der Waals surface area contributed by atoms with Crippen molar-refractivity contribution in [3.8, 4) is 11.5 Å². The van der Waals surface area contributed by atoms with Crippen LogP contribution >= 0.6 is 0 Å². The van der Waals surface area contributed by atoms with E-state index in [2.05, 4.69) is 4.98 Å². The van der Waals surface area contributed by atoms with E-state index >= 15 is 0 Å².